The van der Waals surface area contributed by atoms with Gasteiger partial charge in [-0.15, -0.1) is 0 Å². The second-order valence-electron chi connectivity index (χ2n) is 4.44. The molecule has 0 aromatic carbocycles. The third-order valence-electron chi connectivity index (χ3n) is 2.75. The van der Waals surface area contributed by atoms with Crippen LogP contribution in [-0.2, 0) is 10.1 Å². The van der Waals surface area contributed by atoms with Crippen molar-refractivity contribution in [3.63, 3.8) is 0 Å². The number of unbranched alkanes of at least 4 members (excludes halogenated alkanes) is 9. The van der Waals surface area contributed by atoms with Gasteiger partial charge in [0.05, 0.1) is 10.1 Å². The Balaban J connectivity index is -0.00000112. The summed E-state index contributed by atoms with van der Waals surface area (Å²) < 4.78 is 30.9. The summed E-state index contributed by atoms with van der Waals surface area (Å²) in [7, 11) is -3.98. The maximum absolute atomic E-state index is 10.3. The third-order valence-corrected chi connectivity index (χ3v) is 3.54. The topological polar surface area (TPSA) is 57.2 Å². The number of hydrogen-bond acceptors (Lipinski definition) is 3. The van der Waals surface area contributed by atoms with Crippen LogP contribution in [0.3, 0.4) is 0 Å². The molecule has 0 aromatic rings. The summed E-state index contributed by atoms with van der Waals surface area (Å²) >= 11 is 0. The largest absolute Gasteiger partial charge is 1.00 e. The number of rotatable bonds is 11. The molecular weight excluding hydrogens is 259 g/mol. The van der Waals surface area contributed by atoms with E-state index < -0.39 is 10.1 Å². The van der Waals surface area contributed by atoms with Crippen LogP contribution >= 0.6 is 0 Å². The first-order valence-corrected chi connectivity index (χ1v) is 8.07. The predicted molar refractivity (Wildman–Crippen MR) is 73.1 cm³/mol. The van der Waals surface area contributed by atoms with E-state index in [0.717, 1.165) is 12.8 Å². The molecule has 0 fully saturated rings. The van der Waals surface area contributed by atoms with Crippen LogP contribution in [0.25, 0.3) is 0 Å². The maximum Gasteiger partial charge on any atom is 1.00 e. The Morgan fingerprint density at radius 1 is 0.778 bits per heavy atom. The van der Waals surface area contributed by atoms with Crippen LogP contribution in [0.5, 0.6) is 0 Å². The number of hydrogen-bond donors (Lipinski definition) is 0. The molecule has 0 aliphatic carbocycles. The molecule has 0 saturated carbocycles. The Kier molecular flexibility index (Phi) is 21.3. The fourth-order valence-electron chi connectivity index (χ4n) is 1.77. The molecule has 5 heteroatoms. The van der Waals surface area contributed by atoms with Gasteiger partial charge in [0.25, 0.3) is 0 Å². The molecule has 0 aliphatic rings. The third kappa shape index (κ3) is 22.1. The van der Waals surface area contributed by atoms with E-state index in [1.807, 2.05) is 0 Å². The molecule has 0 bridgehead atoms. The van der Waals surface area contributed by atoms with Crippen molar-refractivity contribution in [1.29, 1.82) is 0 Å². The van der Waals surface area contributed by atoms with Crippen molar-refractivity contribution in [3.8, 4) is 0 Å². The van der Waals surface area contributed by atoms with Crippen LogP contribution in [0.1, 0.15) is 78.6 Å². The fraction of sp³-hybridized carbons (Fsp3) is 1.00. The van der Waals surface area contributed by atoms with E-state index in [0.29, 0.717) is 6.42 Å². The Hall–Kier alpha value is 0.910. The van der Waals surface area contributed by atoms with Gasteiger partial charge in [-0.05, 0) is 6.42 Å². The van der Waals surface area contributed by atoms with Gasteiger partial charge in [-0.25, -0.2) is 8.42 Å². The Bertz CT molecular complexity index is 241. The summed E-state index contributed by atoms with van der Waals surface area (Å²) in [5.74, 6) is -0.191. The van der Waals surface area contributed by atoms with Crippen LogP contribution in [0.15, 0.2) is 0 Å². The van der Waals surface area contributed by atoms with Gasteiger partial charge in [-0.2, -0.15) is 0 Å². The maximum atomic E-state index is 10.3. The van der Waals surface area contributed by atoms with Crippen LogP contribution < -0.4 is 29.6 Å². The van der Waals surface area contributed by atoms with Crippen molar-refractivity contribution in [2.75, 3.05) is 5.75 Å². The molecule has 0 saturated heterocycles. The molecule has 0 aliphatic heterocycles. The minimum absolute atomic E-state index is 0. The normalized spacial score (nSPS) is 10.6. The zero-order chi connectivity index (χ0) is 12.3. The molecule has 0 rings (SSSR count). The second kappa shape index (κ2) is 16.0. The van der Waals surface area contributed by atoms with Gasteiger partial charge in [0.1, 0.15) is 0 Å². The summed E-state index contributed by atoms with van der Waals surface area (Å²) in [4.78, 5) is 0. The van der Waals surface area contributed by atoms with E-state index in [1.165, 1.54) is 44.9 Å². The molecule has 0 unspecified atom stereocenters. The zero-order valence-electron chi connectivity index (χ0n) is 11.4. The average molecular weight is 288 g/mol. The van der Waals surface area contributed by atoms with Gasteiger partial charge in [-0.1, -0.05) is 72.1 Å². The quantitative estimate of drug-likeness (QED) is 0.325. The SMILES string of the molecule is C.CCCCCCCCCCCCS(=O)(=O)[O-].[Na+]. The molecule has 18 heavy (non-hydrogen) atoms. The average Bonchev–Trinajstić information content (AvgIpc) is 2.19. The molecular formula is C13H29NaO3S. The summed E-state index contributed by atoms with van der Waals surface area (Å²) in [5, 5.41) is 0. The molecule has 3 nitrogen and oxygen atoms in total. The molecule has 0 radical (unpaired) electrons. The van der Waals surface area contributed by atoms with Gasteiger partial charge in [0.2, 0.25) is 0 Å². The van der Waals surface area contributed by atoms with E-state index in [4.69, 9.17) is 0 Å². The van der Waals surface area contributed by atoms with Crippen molar-refractivity contribution in [2.24, 2.45) is 0 Å². The van der Waals surface area contributed by atoms with Crippen LogP contribution in [-0.4, -0.2) is 18.7 Å². The monoisotopic (exact) mass is 288 g/mol. The molecule has 0 amide bonds. The van der Waals surface area contributed by atoms with Crippen LogP contribution in [0.2, 0.25) is 0 Å². The second-order valence-corrected chi connectivity index (χ2v) is 5.97. The van der Waals surface area contributed by atoms with E-state index >= 15 is 0 Å². The summed E-state index contributed by atoms with van der Waals surface area (Å²) in [6.45, 7) is 2.21. The Labute approximate surface area is 136 Å². The Morgan fingerprint density at radius 3 is 1.44 bits per heavy atom. The standard InChI is InChI=1S/C12H26O3S.CH4.Na/c1-2-3-4-5-6-7-8-9-10-11-12-16(13,14)15;;/h2-12H2,1H3,(H,13,14,15);1H4;/q;;+1/p-1. The van der Waals surface area contributed by atoms with Gasteiger partial charge < -0.3 is 4.55 Å². The zero-order valence-corrected chi connectivity index (χ0v) is 14.2. The molecule has 106 valence electrons. The van der Waals surface area contributed by atoms with Gasteiger partial charge in [-0.3, -0.25) is 0 Å². The van der Waals surface area contributed by atoms with Crippen molar-refractivity contribution in [2.45, 2.75) is 78.6 Å². The summed E-state index contributed by atoms with van der Waals surface area (Å²) in [5.41, 5.74) is 0. The molecule has 0 heterocycles. The van der Waals surface area contributed by atoms with E-state index in [1.54, 1.807) is 0 Å². The predicted octanol–water partition coefficient (Wildman–Crippen LogP) is 1.09. The smallest absolute Gasteiger partial charge is 0.748 e. The van der Waals surface area contributed by atoms with E-state index in [2.05, 4.69) is 6.92 Å². The van der Waals surface area contributed by atoms with E-state index in [9.17, 15) is 13.0 Å². The summed E-state index contributed by atoms with van der Waals surface area (Å²) in [6.07, 6.45) is 11.4. The molecule has 0 atom stereocenters. The van der Waals surface area contributed by atoms with E-state index in [-0.39, 0.29) is 42.7 Å². The van der Waals surface area contributed by atoms with Crippen molar-refractivity contribution in [3.05, 3.63) is 0 Å². The minimum Gasteiger partial charge on any atom is -0.748 e. The fourth-order valence-corrected chi connectivity index (χ4v) is 2.32. The van der Waals surface area contributed by atoms with Gasteiger partial charge in [0, 0.05) is 5.75 Å². The molecule has 0 spiro atoms. The minimum atomic E-state index is -3.98. The van der Waals surface area contributed by atoms with Gasteiger partial charge >= 0.3 is 29.6 Å². The first kappa shape index (κ1) is 24.0. The van der Waals surface area contributed by atoms with Crippen molar-refractivity contribution in [1.82, 2.24) is 0 Å². The van der Waals surface area contributed by atoms with Crippen molar-refractivity contribution < 1.29 is 42.5 Å². The van der Waals surface area contributed by atoms with Crippen LogP contribution in [0, 0.1) is 0 Å². The first-order valence-electron chi connectivity index (χ1n) is 6.50. The Morgan fingerprint density at radius 2 is 1.11 bits per heavy atom. The summed E-state index contributed by atoms with van der Waals surface area (Å²) in [6, 6.07) is 0. The molecule has 0 aromatic heterocycles. The van der Waals surface area contributed by atoms with Crippen molar-refractivity contribution >= 4 is 10.1 Å². The first-order chi connectivity index (χ1) is 7.56. The van der Waals surface area contributed by atoms with Crippen LogP contribution in [0.4, 0.5) is 0 Å². The molecule has 0 N–H and O–H groups in total. The van der Waals surface area contributed by atoms with Gasteiger partial charge in [0.15, 0.2) is 0 Å².